The monoisotopic (exact) mass is 1900 g/mol. The molecule has 48 nitrogen and oxygen atoms in total. The molecule has 0 radical (unpaired) electrons. The van der Waals surface area contributed by atoms with Crippen molar-refractivity contribution in [1.82, 2.24) is 54.8 Å². The minimum Gasteiger partial charge on any atom is -0.867 e. The molecule has 0 spiro atoms. The van der Waals surface area contributed by atoms with Crippen molar-refractivity contribution in [2.75, 3.05) is 0 Å². The van der Waals surface area contributed by atoms with Crippen LogP contribution < -0.4 is 115 Å². The normalized spacial score (nSPS) is 12.4. The number of aromatic nitrogens is 24. The van der Waals surface area contributed by atoms with E-state index in [0.29, 0.717) is 0 Å². The van der Waals surface area contributed by atoms with E-state index in [0.717, 1.165) is 0 Å². The average molecular weight is 1900 g/mol. The molecule has 12 N–H and O–H groups in total. The Bertz CT molecular complexity index is 3630. The maximum atomic E-state index is 9.89. The van der Waals surface area contributed by atoms with E-state index < -0.39 is 119 Å². The van der Waals surface area contributed by atoms with E-state index in [4.69, 9.17) is 122 Å². The van der Waals surface area contributed by atoms with Gasteiger partial charge < -0.3 is 147 Å². The third kappa shape index (κ3) is 79.3. The van der Waals surface area contributed by atoms with Crippen molar-refractivity contribution in [3.8, 4) is 0 Å². The quantitative estimate of drug-likeness (QED) is 0.0307. The van der Waals surface area contributed by atoms with Gasteiger partial charge >= 0.3 is 0 Å². The van der Waals surface area contributed by atoms with Crippen molar-refractivity contribution in [2.24, 2.45) is 84.6 Å². The third-order valence-corrected chi connectivity index (χ3v) is 14.7. The van der Waals surface area contributed by atoms with Crippen LogP contribution in [0.4, 0.5) is 25.9 Å². The summed E-state index contributed by atoms with van der Waals surface area (Å²) in [6.07, 6.45) is 61.3. The van der Waals surface area contributed by atoms with Gasteiger partial charge in [0.2, 0.25) is 75.9 Å². The smallest absolute Gasteiger partial charge is 0.245 e. The molecule has 0 bridgehead atoms. The van der Waals surface area contributed by atoms with Crippen molar-refractivity contribution in [3.63, 3.8) is 0 Å². The van der Waals surface area contributed by atoms with Crippen LogP contribution in [0.2, 0.25) is 0 Å². The highest BCUT2D eigenvalue weighted by Crippen LogP contribution is 2.03. The Morgan fingerprint density at radius 1 is 0.159 bits per heavy atom. The SMILES string of the molecule is CC(O)n1cc[n+](C)c1.CC(O)n1cc[n+](C)c1.CC(O)n1cc[n+](C)c1.CC(O)n1cc[n+](C)c1.CC(O)n1cc[n+](C)c1.CC(O)n1cc[n+](C)c1.CC(O)n1cc[n+](C)c1.CC(O)n1cc[n+](C)c1.CC(O)n1cc[n+](C)c1.CC(O)n1cc[n+](C)c1.CC(O)n1cc[n+](C)c1.CC(O)n1cc[n+](C)c1.[O-]B([O-])F.[O-]B([O-])F.[O-]B([O-])F.[O-]B([O-])F.[O-]B([O-])F.[O-]B([O-])F. The molecule has 12 aromatic heterocycles. The molecule has 60 heteroatoms. The Morgan fingerprint density at radius 2 is 0.205 bits per heavy atom. The molecule has 0 aliphatic rings. The summed E-state index contributed by atoms with van der Waals surface area (Å²) in [7, 11) is 3.99. The van der Waals surface area contributed by atoms with Gasteiger partial charge in [0, 0.05) is 83.1 Å². The van der Waals surface area contributed by atoms with Gasteiger partial charge in [-0.15, -0.1) is 0 Å². The van der Waals surface area contributed by atoms with E-state index in [-0.39, 0.29) is 0 Å². The van der Waals surface area contributed by atoms with Gasteiger partial charge in [0.05, 0.1) is 84.6 Å². The lowest BCUT2D eigenvalue weighted by atomic mass is 10.3. The van der Waals surface area contributed by atoms with E-state index in [1.54, 1.807) is 138 Å². The number of imidazole rings is 12. The first-order chi connectivity index (χ1) is 60.8. The summed E-state index contributed by atoms with van der Waals surface area (Å²) in [6, 6.07) is 0. The number of hydrogen-bond acceptors (Lipinski definition) is 24. The molecule has 0 aliphatic heterocycles. The second-order valence-corrected chi connectivity index (χ2v) is 27.5. The van der Waals surface area contributed by atoms with Gasteiger partial charge in [-0.25, -0.2) is 110 Å². The first-order valence-electron chi connectivity index (χ1n) is 39.0. The Kier molecular flexibility index (Phi) is 75.2. The Morgan fingerprint density at radius 3 is 0.220 bits per heavy atom. The fourth-order valence-corrected chi connectivity index (χ4v) is 8.29. The van der Waals surface area contributed by atoms with Crippen molar-refractivity contribution < 1.29 is 202 Å². The highest BCUT2D eigenvalue weighted by molar-refractivity contribution is 6.28. The minimum absolute atomic E-state index is 0.425. The van der Waals surface area contributed by atoms with Crippen molar-refractivity contribution in [3.05, 3.63) is 225 Å². The predicted molar refractivity (Wildman–Crippen MR) is 432 cm³/mol. The van der Waals surface area contributed by atoms with Crippen LogP contribution in [0.1, 0.15) is 158 Å². The van der Waals surface area contributed by atoms with E-state index in [1.165, 1.54) is 0 Å². The molecule has 0 saturated carbocycles. The van der Waals surface area contributed by atoms with Crippen molar-refractivity contribution in [2.45, 2.75) is 158 Å². The fourth-order valence-electron chi connectivity index (χ4n) is 8.29. The largest absolute Gasteiger partial charge is 0.867 e. The molecule has 0 amide bonds. The topological polar surface area (TPSA) is 625 Å². The van der Waals surface area contributed by atoms with E-state index >= 15 is 0 Å². The summed E-state index contributed by atoms with van der Waals surface area (Å²) in [5, 5.41) is 208. The molecule has 0 fully saturated rings. The molecular formula is C72H132B6F6N24O24. The molecule has 12 rings (SSSR count). The zero-order valence-electron chi connectivity index (χ0n) is 78.4. The highest BCUT2D eigenvalue weighted by Gasteiger charge is 2.12. The van der Waals surface area contributed by atoms with Crippen molar-refractivity contribution >= 4 is 44.4 Å². The van der Waals surface area contributed by atoms with E-state index in [9.17, 15) is 25.9 Å². The highest BCUT2D eigenvalue weighted by atomic mass is 19.1. The standard InChI is InChI=1S/12C6H11N2O.6BFO2/c12*1-6(9)8-4-3-7(2)5-8;6*2-1(3)4/h12*3-6,9H,1-2H3;;;;;;/q12*+1;6*-2. The second kappa shape index (κ2) is 75.0. The number of hydrogen-bond donors (Lipinski definition) is 12. The Labute approximate surface area is 765 Å². The minimum atomic E-state index is -3.17. The lowest BCUT2D eigenvalue weighted by Crippen LogP contribution is -2.39. The summed E-state index contributed by atoms with van der Waals surface area (Å²) < 4.78 is 103. The number of halogens is 6. The molecule has 0 aliphatic carbocycles. The molecule has 12 heterocycles. The van der Waals surface area contributed by atoms with Gasteiger partial charge in [0.15, 0.2) is 74.7 Å². The van der Waals surface area contributed by atoms with Crippen LogP contribution >= 0.6 is 0 Å². The lowest BCUT2D eigenvalue weighted by Gasteiger charge is -2.09. The van der Waals surface area contributed by atoms with Gasteiger partial charge in [0.25, 0.3) is 0 Å². The molecule has 0 saturated heterocycles. The number of rotatable bonds is 12. The first kappa shape index (κ1) is 132. The molecule has 12 atom stereocenters. The van der Waals surface area contributed by atoms with Gasteiger partial charge in [-0.1, -0.05) is 0 Å². The van der Waals surface area contributed by atoms with Gasteiger partial charge in [0.1, 0.15) is 193 Å². The number of aliphatic hydroxyl groups is 12. The number of nitrogens with zero attached hydrogens (tertiary/aromatic N) is 24. The summed E-state index contributed by atoms with van der Waals surface area (Å²) >= 11 is 0. The number of aryl methyl sites for hydroxylation is 12. The molecule has 12 unspecified atom stereocenters. The van der Waals surface area contributed by atoms with Gasteiger partial charge in [-0.05, 0) is 0 Å². The van der Waals surface area contributed by atoms with Crippen LogP contribution in [-0.2, 0) is 84.6 Å². The first-order valence-corrected chi connectivity index (χ1v) is 39.0. The maximum absolute atomic E-state index is 9.89. The Hall–Kier alpha value is -10.5. The molecule has 12 aromatic rings. The molecule has 0 aromatic carbocycles. The number of aliphatic hydroxyl groups excluding tert-OH is 12. The van der Waals surface area contributed by atoms with Crippen LogP contribution in [0.5, 0.6) is 0 Å². The van der Waals surface area contributed by atoms with Gasteiger partial charge in [-0.2, -0.15) is 0 Å². The van der Waals surface area contributed by atoms with Crippen LogP contribution in [0.15, 0.2) is 225 Å². The molecule has 132 heavy (non-hydrogen) atoms. The van der Waals surface area contributed by atoms with E-state index in [2.05, 4.69) is 0 Å². The summed E-state index contributed by atoms with van der Waals surface area (Å²) in [5.41, 5.74) is 0. The van der Waals surface area contributed by atoms with Crippen LogP contribution in [0.3, 0.4) is 0 Å². The zero-order chi connectivity index (χ0) is 104. The van der Waals surface area contributed by atoms with Gasteiger partial charge in [-0.3, -0.25) is 0 Å². The molecule has 744 valence electrons. The van der Waals surface area contributed by atoms with Crippen molar-refractivity contribution in [1.29, 1.82) is 0 Å². The average Bonchev–Trinajstić information content (AvgIpc) is 1.89. The third-order valence-electron chi connectivity index (χ3n) is 14.7. The Balaban J connectivity index is -0.000000321. The van der Waals surface area contributed by atoms with Crippen LogP contribution in [-0.4, -0.2) is 160 Å². The maximum Gasteiger partial charge on any atom is 0.245 e. The predicted octanol–water partition coefficient (Wildman–Crippen LogP) is -16.2. The summed E-state index contributed by atoms with van der Waals surface area (Å²) in [4.78, 5) is 0. The molecular weight excluding hydrogens is 1760 g/mol. The zero-order valence-corrected chi connectivity index (χ0v) is 78.4. The summed E-state index contributed by atoms with van der Waals surface area (Å²) in [5.74, 6) is 0. The lowest BCUT2D eigenvalue weighted by molar-refractivity contribution is -0.671. The second-order valence-electron chi connectivity index (χ2n) is 27.5. The summed E-state index contributed by atoms with van der Waals surface area (Å²) in [6.45, 7) is 20.7. The van der Waals surface area contributed by atoms with Crippen LogP contribution in [0.25, 0.3) is 0 Å². The fraction of sp³-hybridized carbons (Fsp3) is 0.500. The van der Waals surface area contributed by atoms with E-state index in [1.807, 2.05) is 364 Å². The van der Waals surface area contributed by atoms with Crippen LogP contribution in [0, 0.1) is 0 Å².